The zero-order valence-corrected chi connectivity index (χ0v) is 12.8. The molecule has 1 fully saturated rings. The van der Waals surface area contributed by atoms with Crippen LogP contribution in [0.4, 0.5) is 5.82 Å². The van der Waals surface area contributed by atoms with Crippen molar-refractivity contribution in [2.45, 2.75) is 25.4 Å². The summed E-state index contributed by atoms with van der Waals surface area (Å²) in [6, 6.07) is 7.88. The first-order valence-electron chi connectivity index (χ1n) is 7.57. The highest BCUT2D eigenvalue weighted by atomic mass is 16.5. The fourth-order valence-corrected chi connectivity index (χ4v) is 2.80. The minimum atomic E-state index is -0.862. The summed E-state index contributed by atoms with van der Waals surface area (Å²) in [5.74, 6) is 1.60. The Kier molecular flexibility index (Phi) is 4.24. The van der Waals surface area contributed by atoms with E-state index >= 15 is 0 Å². The molecule has 1 saturated heterocycles. The number of ether oxygens (including phenoxy) is 1. The number of aliphatic hydroxyl groups is 1. The lowest BCUT2D eigenvalue weighted by atomic mass is 9.94. The Morgan fingerprint density at radius 1 is 1.36 bits per heavy atom. The van der Waals surface area contributed by atoms with E-state index in [0.717, 1.165) is 36.5 Å². The van der Waals surface area contributed by atoms with Crippen molar-refractivity contribution in [3.05, 3.63) is 48.4 Å². The first kappa shape index (κ1) is 14.8. The van der Waals surface area contributed by atoms with Crippen molar-refractivity contribution in [1.82, 2.24) is 9.97 Å². The molecule has 1 N–H and O–H groups in total. The molecule has 0 bridgehead atoms. The lowest BCUT2D eigenvalue weighted by Crippen LogP contribution is -2.52. The largest absolute Gasteiger partial charge is 0.491 e. The maximum atomic E-state index is 10.8. The summed E-state index contributed by atoms with van der Waals surface area (Å²) in [6.45, 7) is 3.70. The summed E-state index contributed by atoms with van der Waals surface area (Å²) in [7, 11) is 0. The molecule has 0 spiro atoms. The third kappa shape index (κ3) is 3.54. The fourth-order valence-electron chi connectivity index (χ4n) is 2.80. The third-order valence-corrected chi connectivity index (χ3v) is 3.93. The average Bonchev–Trinajstić information content (AvgIpc) is 2.54. The summed E-state index contributed by atoms with van der Waals surface area (Å²) in [6.07, 6.45) is 6.69. The minimum Gasteiger partial charge on any atom is -0.491 e. The van der Waals surface area contributed by atoms with Gasteiger partial charge in [-0.2, -0.15) is 0 Å². The molecule has 0 amide bonds. The van der Waals surface area contributed by atoms with Crippen molar-refractivity contribution < 1.29 is 9.84 Å². The number of anilines is 1. The van der Waals surface area contributed by atoms with Gasteiger partial charge in [-0.3, -0.25) is 4.98 Å². The maximum Gasteiger partial charge on any atom is 0.147 e. The zero-order chi connectivity index (χ0) is 15.4. The van der Waals surface area contributed by atoms with E-state index in [0.29, 0.717) is 6.54 Å². The van der Waals surface area contributed by atoms with Crippen LogP contribution in [0.3, 0.4) is 0 Å². The Morgan fingerprint density at radius 3 is 3.05 bits per heavy atom. The number of hydrogen-bond acceptors (Lipinski definition) is 5. The van der Waals surface area contributed by atoms with Crippen molar-refractivity contribution in [3.8, 4) is 5.75 Å². The predicted octanol–water partition coefficient (Wildman–Crippen LogP) is 2.20. The van der Waals surface area contributed by atoms with Crippen LogP contribution in [0.2, 0.25) is 0 Å². The highest BCUT2D eigenvalue weighted by molar-refractivity contribution is 5.36. The molecular weight excluding hydrogens is 278 g/mol. The van der Waals surface area contributed by atoms with Gasteiger partial charge in [-0.25, -0.2) is 4.98 Å². The Labute approximate surface area is 130 Å². The summed E-state index contributed by atoms with van der Waals surface area (Å²) in [5, 5.41) is 10.8. The number of benzene rings is 1. The number of nitrogens with zero attached hydrogens (tertiary/aromatic N) is 3. The van der Waals surface area contributed by atoms with E-state index in [1.54, 1.807) is 18.6 Å². The molecule has 2 aromatic rings. The lowest BCUT2D eigenvalue weighted by Gasteiger charge is -2.39. The number of hydrogen-bond donors (Lipinski definition) is 1. The molecule has 3 rings (SSSR count). The zero-order valence-electron chi connectivity index (χ0n) is 12.8. The van der Waals surface area contributed by atoms with Crippen LogP contribution < -0.4 is 9.64 Å². The van der Waals surface area contributed by atoms with Crippen LogP contribution in [-0.4, -0.2) is 40.4 Å². The van der Waals surface area contributed by atoms with Crippen LogP contribution in [0, 0.1) is 6.92 Å². The van der Waals surface area contributed by atoms with Crippen LogP contribution in [-0.2, 0) is 0 Å². The van der Waals surface area contributed by atoms with E-state index in [-0.39, 0.29) is 6.61 Å². The molecule has 116 valence electrons. The van der Waals surface area contributed by atoms with Gasteiger partial charge in [-0.05, 0) is 37.5 Å². The van der Waals surface area contributed by atoms with E-state index in [1.165, 1.54) is 0 Å². The molecule has 1 aliphatic heterocycles. The van der Waals surface area contributed by atoms with Gasteiger partial charge in [0.1, 0.15) is 23.8 Å². The number of rotatable bonds is 4. The molecule has 0 radical (unpaired) electrons. The van der Waals surface area contributed by atoms with Crippen LogP contribution in [0.1, 0.15) is 18.4 Å². The fraction of sp³-hybridized carbons (Fsp3) is 0.412. The summed E-state index contributed by atoms with van der Waals surface area (Å²) >= 11 is 0. The van der Waals surface area contributed by atoms with Gasteiger partial charge in [0, 0.05) is 18.9 Å². The van der Waals surface area contributed by atoms with Gasteiger partial charge in [-0.1, -0.05) is 12.1 Å². The molecule has 22 heavy (non-hydrogen) atoms. The molecule has 2 heterocycles. The Morgan fingerprint density at radius 2 is 2.27 bits per heavy atom. The van der Waals surface area contributed by atoms with Crippen LogP contribution in [0.25, 0.3) is 0 Å². The maximum absolute atomic E-state index is 10.8. The molecule has 5 heteroatoms. The van der Waals surface area contributed by atoms with E-state index < -0.39 is 5.60 Å². The Hall–Kier alpha value is -2.14. The van der Waals surface area contributed by atoms with Crippen LogP contribution in [0.15, 0.2) is 42.9 Å². The Balaban J connectivity index is 1.65. The van der Waals surface area contributed by atoms with E-state index in [4.69, 9.17) is 4.74 Å². The number of aryl methyl sites for hydroxylation is 1. The molecule has 1 unspecified atom stereocenters. The third-order valence-electron chi connectivity index (χ3n) is 3.93. The van der Waals surface area contributed by atoms with Crippen molar-refractivity contribution in [3.63, 3.8) is 0 Å². The number of aromatic nitrogens is 2. The molecule has 0 saturated carbocycles. The number of piperidine rings is 1. The topological polar surface area (TPSA) is 58.5 Å². The molecular formula is C17H21N3O2. The average molecular weight is 299 g/mol. The second-order valence-electron chi connectivity index (χ2n) is 5.92. The first-order chi connectivity index (χ1) is 10.6. The molecule has 1 aromatic heterocycles. The quantitative estimate of drug-likeness (QED) is 0.938. The molecule has 1 aliphatic rings. The summed E-state index contributed by atoms with van der Waals surface area (Å²) < 4.78 is 5.80. The van der Waals surface area contributed by atoms with Gasteiger partial charge < -0.3 is 14.7 Å². The summed E-state index contributed by atoms with van der Waals surface area (Å²) in [4.78, 5) is 10.5. The summed E-state index contributed by atoms with van der Waals surface area (Å²) in [5.41, 5.74) is 0.286. The SMILES string of the molecule is Cc1cccc(OCC2(O)CCCN(c3cnccn3)C2)c1. The van der Waals surface area contributed by atoms with Gasteiger partial charge in [0.2, 0.25) is 0 Å². The monoisotopic (exact) mass is 299 g/mol. The van der Waals surface area contributed by atoms with Gasteiger partial charge in [0.15, 0.2) is 0 Å². The standard InChI is InChI=1S/C17H21N3O2/c1-14-4-2-5-15(10-14)22-13-17(21)6-3-9-20(12-17)16-11-18-7-8-19-16/h2,4-5,7-8,10-11,21H,3,6,9,12-13H2,1H3. The van der Waals surface area contributed by atoms with Crippen LogP contribution in [0.5, 0.6) is 5.75 Å². The van der Waals surface area contributed by atoms with E-state index in [9.17, 15) is 5.11 Å². The highest BCUT2D eigenvalue weighted by Crippen LogP contribution is 2.25. The van der Waals surface area contributed by atoms with Crippen molar-refractivity contribution >= 4 is 5.82 Å². The van der Waals surface area contributed by atoms with Gasteiger partial charge >= 0.3 is 0 Å². The second-order valence-corrected chi connectivity index (χ2v) is 5.92. The van der Waals surface area contributed by atoms with Gasteiger partial charge in [0.25, 0.3) is 0 Å². The Bertz CT molecular complexity index is 620. The molecule has 5 nitrogen and oxygen atoms in total. The lowest BCUT2D eigenvalue weighted by molar-refractivity contribution is -0.0156. The van der Waals surface area contributed by atoms with Gasteiger partial charge in [0.05, 0.1) is 12.7 Å². The smallest absolute Gasteiger partial charge is 0.147 e. The predicted molar refractivity (Wildman–Crippen MR) is 85.1 cm³/mol. The minimum absolute atomic E-state index is 0.285. The van der Waals surface area contributed by atoms with Crippen molar-refractivity contribution in [2.75, 3.05) is 24.6 Å². The highest BCUT2D eigenvalue weighted by Gasteiger charge is 2.34. The molecule has 0 aliphatic carbocycles. The van der Waals surface area contributed by atoms with E-state index in [2.05, 4.69) is 14.9 Å². The van der Waals surface area contributed by atoms with Crippen molar-refractivity contribution in [1.29, 1.82) is 0 Å². The number of β-amino-alcohol motifs (C(OH)–C–C–N with tert-alkyl or cyclic N) is 1. The molecule has 1 atom stereocenters. The second kappa shape index (κ2) is 6.32. The van der Waals surface area contributed by atoms with Gasteiger partial charge in [-0.15, -0.1) is 0 Å². The van der Waals surface area contributed by atoms with Crippen molar-refractivity contribution in [2.24, 2.45) is 0 Å². The molecule has 1 aromatic carbocycles. The first-order valence-corrected chi connectivity index (χ1v) is 7.57. The van der Waals surface area contributed by atoms with E-state index in [1.807, 2.05) is 31.2 Å². The normalized spacial score (nSPS) is 21.6. The van der Waals surface area contributed by atoms with Crippen LogP contribution >= 0.6 is 0 Å².